The summed E-state index contributed by atoms with van der Waals surface area (Å²) in [6, 6.07) is 1.33. The highest BCUT2D eigenvalue weighted by atomic mass is 35.5. The fraction of sp³-hybridized carbons (Fsp3) is 0.545. The van der Waals surface area contributed by atoms with Gasteiger partial charge in [0.2, 0.25) is 0 Å². The normalized spacial score (nSPS) is 21.2. The number of aromatic nitrogens is 1. The first-order valence-electron chi connectivity index (χ1n) is 5.38. The molecule has 1 fully saturated rings. The third-order valence-corrected chi connectivity index (χ3v) is 4.26. The Labute approximate surface area is 104 Å². The van der Waals surface area contributed by atoms with E-state index in [0.717, 1.165) is 25.3 Å². The van der Waals surface area contributed by atoms with E-state index in [0.29, 0.717) is 16.1 Å². The molecule has 0 amide bonds. The summed E-state index contributed by atoms with van der Waals surface area (Å²) in [7, 11) is 0. The predicted octanol–water partition coefficient (Wildman–Crippen LogP) is 3.21. The summed E-state index contributed by atoms with van der Waals surface area (Å²) in [6.45, 7) is 3.88. The molecule has 1 aliphatic rings. The topological polar surface area (TPSA) is 16.1 Å². The number of hydrogen-bond acceptors (Lipinski definition) is 3. The van der Waals surface area contributed by atoms with Gasteiger partial charge in [0.15, 0.2) is 11.6 Å². The zero-order valence-electron chi connectivity index (χ0n) is 9.12. The number of hydrogen-bond donors (Lipinski definition) is 0. The van der Waals surface area contributed by atoms with E-state index in [1.165, 1.54) is 12.3 Å². The number of thioether (sulfide) groups is 1. The minimum atomic E-state index is -0.325. The average molecular weight is 261 g/mol. The number of pyridine rings is 1. The summed E-state index contributed by atoms with van der Waals surface area (Å²) in [5, 5.41) is 0.922. The average Bonchev–Trinajstić information content (AvgIpc) is 2.29. The first kappa shape index (κ1) is 12.0. The Bertz CT molecular complexity index is 375. The monoisotopic (exact) mass is 260 g/mol. The maximum Gasteiger partial charge on any atom is 0.167 e. The van der Waals surface area contributed by atoms with Gasteiger partial charge in [-0.25, -0.2) is 9.37 Å². The molecule has 0 aromatic carbocycles. The van der Waals surface area contributed by atoms with Crippen molar-refractivity contribution >= 4 is 29.2 Å². The molecule has 0 radical (unpaired) electrons. The van der Waals surface area contributed by atoms with E-state index < -0.39 is 0 Å². The standard InChI is InChI=1S/C11H14ClFN2S/c1-2-9-7-15(3-4-16-9)11-10(13)5-8(12)6-14-11/h5-6,9H,2-4,7H2,1H3. The van der Waals surface area contributed by atoms with E-state index in [9.17, 15) is 4.39 Å². The maximum atomic E-state index is 13.7. The molecule has 2 heterocycles. The number of anilines is 1. The van der Waals surface area contributed by atoms with Crippen molar-refractivity contribution < 1.29 is 4.39 Å². The fourth-order valence-electron chi connectivity index (χ4n) is 1.80. The lowest BCUT2D eigenvalue weighted by atomic mass is 10.3. The summed E-state index contributed by atoms with van der Waals surface area (Å²) < 4.78 is 13.7. The highest BCUT2D eigenvalue weighted by Crippen LogP contribution is 2.27. The van der Waals surface area contributed by atoms with Crippen LogP contribution in [0, 0.1) is 5.82 Å². The Kier molecular flexibility index (Phi) is 3.92. The van der Waals surface area contributed by atoms with E-state index in [-0.39, 0.29) is 5.82 Å². The molecule has 1 saturated heterocycles. The molecular formula is C11H14ClFN2S. The van der Waals surface area contributed by atoms with Crippen LogP contribution in [0.15, 0.2) is 12.3 Å². The van der Waals surface area contributed by atoms with Gasteiger partial charge in [0, 0.05) is 30.3 Å². The number of halogens is 2. The van der Waals surface area contributed by atoms with E-state index in [4.69, 9.17) is 11.6 Å². The van der Waals surface area contributed by atoms with Crippen LogP contribution in [-0.2, 0) is 0 Å². The lowest BCUT2D eigenvalue weighted by Gasteiger charge is -2.32. The summed E-state index contributed by atoms with van der Waals surface area (Å²) in [4.78, 5) is 6.09. The molecule has 88 valence electrons. The fourth-order valence-corrected chi connectivity index (χ4v) is 3.12. The molecule has 1 aromatic rings. The van der Waals surface area contributed by atoms with Gasteiger partial charge >= 0.3 is 0 Å². The van der Waals surface area contributed by atoms with Crippen LogP contribution in [0.4, 0.5) is 10.2 Å². The smallest absolute Gasteiger partial charge is 0.167 e. The summed E-state index contributed by atoms with van der Waals surface area (Å²) in [5.74, 6) is 1.14. The first-order chi connectivity index (χ1) is 7.70. The molecule has 0 saturated carbocycles. The molecule has 0 N–H and O–H groups in total. The Morgan fingerprint density at radius 1 is 1.69 bits per heavy atom. The van der Waals surface area contributed by atoms with Crippen molar-refractivity contribution in [2.75, 3.05) is 23.7 Å². The van der Waals surface area contributed by atoms with Crippen molar-refractivity contribution in [2.24, 2.45) is 0 Å². The van der Waals surface area contributed by atoms with E-state index >= 15 is 0 Å². The molecule has 16 heavy (non-hydrogen) atoms. The Morgan fingerprint density at radius 3 is 3.19 bits per heavy atom. The molecule has 5 heteroatoms. The molecule has 1 atom stereocenters. The second kappa shape index (κ2) is 5.23. The minimum absolute atomic E-state index is 0.325. The van der Waals surface area contributed by atoms with Crippen molar-refractivity contribution in [3.63, 3.8) is 0 Å². The lowest BCUT2D eigenvalue weighted by molar-refractivity contribution is 0.604. The van der Waals surface area contributed by atoms with E-state index in [1.54, 1.807) is 0 Å². The van der Waals surface area contributed by atoms with Crippen LogP contribution in [0.2, 0.25) is 5.02 Å². The first-order valence-corrected chi connectivity index (χ1v) is 6.81. The second-order valence-corrected chi connectivity index (χ2v) is 5.65. The molecule has 2 rings (SSSR count). The predicted molar refractivity (Wildman–Crippen MR) is 68.0 cm³/mol. The summed E-state index contributed by atoms with van der Waals surface area (Å²) >= 11 is 7.64. The van der Waals surface area contributed by atoms with Gasteiger partial charge in [0.05, 0.1) is 5.02 Å². The van der Waals surface area contributed by atoms with Gasteiger partial charge in [-0.2, -0.15) is 11.8 Å². The molecule has 2 nitrogen and oxygen atoms in total. The molecule has 0 bridgehead atoms. The van der Waals surface area contributed by atoms with Crippen LogP contribution >= 0.6 is 23.4 Å². The van der Waals surface area contributed by atoms with Crippen LogP contribution in [-0.4, -0.2) is 29.1 Å². The highest BCUT2D eigenvalue weighted by Gasteiger charge is 2.22. The largest absolute Gasteiger partial charge is 0.352 e. The van der Waals surface area contributed by atoms with E-state index in [1.807, 2.05) is 16.7 Å². The zero-order valence-corrected chi connectivity index (χ0v) is 10.7. The summed E-state index contributed by atoms with van der Waals surface area (Å²) in [5.41, 5.74) is 0. The molecular weight excluding hydrogens is 247 g/mol. The number of nitrogens with zero attached hydrogens (tertiary/aromatic N) is 2. The third kappa shape index (κ3) is 2.61. The van der Waals surface area contributed by atoms with Crippen LogP contribution in [0.25, 0.3) is 0 Å². The van der Waals surface area contributed by atoms with Gasteiger partial charge in [-0.3, -0.25) is 0 Å². The maximum absolute atomic E-state index is 13.7. The quantitative estimate of drug-likeness (QED) is 0.812. The van der Waals surface area contributed by atoms with Gasteiger partial charge in [0.25, 0.3) is 0 Å². The van der Waals surface area contributed by atoms with Gasteiger partial charge in [-0.05, 0) is 12.5 Å². The Morgan fingerprint density at radius 2 is 2.50 bits per heavy atom. The van der Waals surface area contributed by atoms with Crippen LogP contribution in [0.5, 0.6) is 0 Å². The lowest BCUT2D eigenvalue weighted by Crippen LogP contribution is -2.38. The van der Waals surface area contributed by atoms with Gasteiger partial charge < -0.3 is 4.90 Å². The van der Waals surface area contributed by atoms with Gasteiger partial charge in [0.1, 0.15) is 0 Å². The van der Waals surface area contributed by atoms with Crippen LogP contribution in [0.3, 0.4) is 0 Å². The van der Waals surface area contributed by atoms with Crippen molar-refractivity contribution in [3.05, 3.63) is 23.1 Å². The zero-order chi connectivity index (χ0) is 11.5. The number of rotatable bonds is 2. The van der Waals surface area contributed by atoms with Crippen molar-refractivity contribution in [3.8, 4) is 0 Å². The second-order valence-electron chi connectivity index (χ2n) is 3.81. The Balaban J connectivity index is 2.16. The Hall–Kier alpha value is -0.480. The molecule has 0 spiro atoms. The molecule has 1 unspecified atom stereocenters. The van der Waals surface area contributed by atoms with E-state index in [2.05, 4.69) is 11.9 Å². The minimum Gasteiger partial charge on any atom is -0.352 e. The third-order valence-electron chi connectivity index (χ3n) is 2.68. The molecule has 1 aliphatic heterocycles. The summed E-state index contributed by atoms with van der Waals surface area (Å²) in [6.07, 6.45) is 2.61. The van der Waals surface area contributed by atoms with Gasteiger partial charge in [-0.1, -0.05) is 18.5 Å². The molecule has 1 aromatic heterocycles. The van der Waals surface area contributed by atoms with Crippen molar-refractivity contribution in [1.29, 1.82) is 0 Å². The highest BCUT2D eigenvalue weighted by molar-refractivity contribution is 8.00. The molecule has 0 aliphatic carbocycles. The van der Waals surface area contributed by atoms with Gasteiger partial charge in [-0.15, -0.1) is 0 Å². The van der Waals surface area contributed by atoms with Crippen molar-refractivity contribution in [1.82, 2.24) is 4.98 Å². The SMILES string of the molecule is CCC1CN(c2ncc(Cl)cc2F)CCS1. The van der Waals surface area contributed by atoms with Crippen LogP contribution in [0.1, 0.15) is 13.3 Å². The van der Waals surface area contributed by atoms with Crippen LogP contribution < -0.4 is 4.90 Å². The van der Waals surface area contributed by atoms with Crippen molar-refractivity contribution in [2.45, 2.75) is 18.6 Å².